The van der Waals surface area contributed by atoms with Gasteiger partial charge in [0.25, 0.3) is 0 Å². The first-order valence-electron chi connectivity index (χ1n) is 5.39. The van der Waals surface area contributed by atoms with E-state index in [1.165, 1.54) is 12.1 Å². The molecule has 19 heavy (non-hydrogen) atoms. The van der Waals surface area contributed by atoms with E-state index in [2.05, 4.69) is 0 Å². The monoisotopic (exact) mass is 284 g/mol. The number of carbonyl (C=O) groups excluding carboxylic acids is 1. The van der Waals surface area contributed by atoms with E-state index < -0.39 is 23.2 Å². The summed E-state index contributed by atoms with van der Waals surface area (Å²) >= 11 is 5.67. The molecule has 0 spiro atoms. The van der Waals surface area contributed by atoms with E-state index in [0.29, 0.717) is 6.07 Å². The summed E-state index contributed by atoms with van der Waals surface area (Å²) in [5.41, 5.74) is 0.161. The lowest BCUT2D eigenvalue weighted by atomic mass is 10.0. The first-order chi connectivity index (χ1) is 8.97. The van der Waals surface area contributed by atoms with Gasteiger partial charge in [-0.2, -0.15) is 0 Å². The summed E-state index contributed by atoms with van der Waals surface area (Å²) in [7, 11) is 0. The van der Waals surface area contributed by atoms with E-state index in [0.717, 1.165) is 18.2 Å². The average Bonchev–Trinajstić information content (AvgIpc) is 2.31. The smallest absolute Gasteiger partial charge is 0.168 e. The Bertz CT molecular complexity index is 620. The molecule has 0 fully saturated rings. The number of halogens is 4. The van der Waals surface area contributed by atoms with E-state index >= 15 is 0 Å². The molecule has 0 radical (unpaired) electrons. The van der Waals surface area contributed by atoms with Gasteiger partial charge in [0.2, 0.25) is 0 Å². The van der Waals surface area contributed by atoms with Crippen molar-refractivity contribution in [2.24, 2.45) is 0 Å². The highest BCUT2D eigenvalue weighted by Gasteiger charge is 2.14. The van der Waals surface area contributed by atoms with Gasteiger partial charge in [0.05, 0.1) is 5.02 Å². The van der Waals surface area contributed by atoms with Gasteiger partial charge in [-0.1, -0.05) is 17.7 Å². The van der Waals surface area contributed by atoms with Crippen molar-refractivity contribution >= 4 is 17.4 Å². The van der Waals surface area contributed by atoms with Gasteiger partial charge < -0.3 is 0 Å². The summed E-state index contributed by atoms with van der Waals surface area (Å²) in [6.07, 6.45) is -0.252. The molecule has 0 atom stereocenters. The lowest BCUT2D eigenvalue weighted by Crippen LogP contribution is -2.06. The third kappa shape index (κ3) is 3.15. The van der Waals surface area contributed by atoms with Crippen molar-refractivity contribution in [2.75, 3.05) is 0 Å². The van der Waals surface area contributed by atoms with Crippen molar-refractivity contribution in [1.29, 1.82) is 0 Å². The second kappa shape index (κ2) is 5.45. The summed E-state index contributed by atoms with van der Waals surface area (Å²) in [5, 5.41) is -0.288. The highest BCUT2D eigenvalue weighted by atomic mass is 35.5. The van der Waals surface area contributed by atoms with Crippen LogP contribution in [0.3, 0.4) is 0 Å². The van der Waals surface area contributed by atoms with E-state index in [9.17, 15) is 18.0 Å². The normalized spacial score (nSPS) is 10.5. The van der Waals surface area contributed by atoms with Crippen molar-refractivity contribution in [3.05, 3.63) is 70.0 Å². The highest BCUT2D eigenvalue weighted by molar-refractivity contribution is 6.34. The Balaban J connectivity index is 2.28. The van der Waals surface area contributed by atoms with Gasteiger partial charge in [0.1, 0.15) is 17.5 Å². The van der Waals surface area contributed by atoms with Crippen molar-refractivity contribution in [3.63, 3.8) is 0 Å². The summed E-state index contributed by atoms with van der Waals surface area (Å²) in [6.45, 7) is 0. The van der Waals surface area contributed by atoms with Crippen LogP contribution in [0.25, 0.3) is 0 Å². The first-order valence-corrected chi connectivity index (χ1v) is 5.77. The predicted molar refractivity (Wildman–Crippen MR) is 65.8 cm³/mol. The number of hydrogen-bond donors (Lipinski definition) is 0. The lowest BCUT2D eigenvalue weighted by molar-refractivity contribution is 0.0992. The number of benzene rings is 2. The maximum atomic E-state index is 13.2. The SMILES string of the molecule is O=C(Cc1cc(F)cc(F)c1)c1cccc(F)c1Cl. The van der Waals surface area contributed by atoms with E-state index in [1.54, 1.807) is 0 Å². The molecule has 2 aromatic carbocycles. The fourth-order valence-electron chi connectivity index (χ4n) is 1.71. The molecule has 0 saturated heterocycles. The van der Waals surface area contributed by atoms with Crippen LogP contribution in [-0.4, -0.2) is 5.78 Å². The number of Topliss-reactive ketones (excluding diaryl/α,β-unsaturated/α-hetero) is 1. The molecule has 0 aliphatic carbocycles. The zero-order valence-electron chi connectivity index (χ0n) is 9.59. The number of carbonyl (C=O) groups is 1. The summed E-state index contributed by atoms with van der Waals surface area (Å²) in [4.78, 5) is 11.9. The fourth-order valence-corrected chi connectivity index (χ4v) is 1.94. The molecule has 2 aromatic rings. The van der Waals surface area contributed by atoms with Crippen LogP contribution in [0.1, 0.15) is 15.9 Å². The van der Waals surface area contributed by atoms with Crippen molar-refractivity contribution < 1.29 is 18.0 Å². The number of hydrogen-bond acceptors (Lipinski definition) is 1. The van der Waals surface area contributed by atoms with Gasteiger partial charge in [0, 0.05) is 18.1 Å². The Labute approximate surface area is 112 Å². The van der Waals surface area contributed by atoms with Crippen molar-refractivity contribution in [1.82, 2.24) is 0 Å². The Kier molecular flexibility index (Phi) is 3.90. The molecule has 2 rings (SSSR count). The minimum absolute atomic E-state index is 0.00802. The molecule has 0 bridgehead atoms. The summed E-state index contributed by atoms with van der Waals surface area (Å²) in [5.74, 6) is -2.76. The highest BCUT2D eigenvalue weighted by Crippen LogP contribution is 2.21. The molecule has 5 heteroatoms. The topological polar surface area (TPSA) is 17.1 Å². The van der Waals surface area contributed by atoms with Crippen LogP contribution in [0.4, 0.5) is 13.2 Å². The van der Waals surface area contributed by atoms with Gasteiger partial charge in [-0.25, -0.2) is 13.2 Å². The van der Waals surface area contributed by atoms with Crippen LogP contribution in [0, 0.1) is 17.5 Å². The molecular weight excluding hydrogens is 277 g/mol. The summed E-state index contributed by atoms with van der Waals surface area (Å²) in [6, 6.07) is 6.65. The summed E-state index contributed by atoms with van der Waals surface area (Å²) < 4.78 is 39.2. The average molecular weight is 285 g/mol. The van der Waals surface area contributed by atoms with Crippen LogP contribution in [0.5, 0.6) is 0 Å². The molecule has 0 unspecified atom stereocenters. The molecule has 1 nitrogen and oxygen atoms in total. The molecule has 0 N–H and O–H groups in total. The van der Waals surface area contributed by atoms with Crippen molar-refractivity contribution in [2.45, 2.75) is 6.42 Å². The van der Waals surface area contributed by atoms with Crippen LogP contribution >= 0.6 is 11.6 Å². The molecule has 0 aliphatic rings. The predicted octanol–water partition coefficient (Wildman–Crippen LogP) is 4.18. The molecular formula is C14H8ClF3O. The van der Waals surface area contributed by atoms with E-state index in [4.69, 9.17) is 11.6 Å². The Morgan fingerprint density at radius 2 is 1.68 bits per heavy atom. The molecule has 98 valence electrons. The Morgan fingerprint density at radius 3 is 2.32 bits per heavy atom. The maximum absolute atomic E-state index is 13.2. The third-order valence-corrected chi connectivity index (χ3v) is 2.92. The number of rotatable bonds is 3. The fraction of sp³-hybridized carbons (Fsp3) is 0.0714. The van der Waals surface area contributed by atoms with Gasteiger partial charge in [-0.05, 0) is 29.8 Å². The lowest BCUT2D eigenvalue weighted by Gasteiger charge is -2.05. The van der Waals surface area contributed by atoms with Gasteiger partial charge in [-0.3, -0.25) is 4.79 Å². The zero-order valence-corrected chi connectivity index (χ0v) is 10.3. The van der Waals surface area contributed by atoms with Crippen LogP contribution in [0.2, 0.25) is 5.02 Å². The standard InChI is InChI=1S/C14H8ClF3O/c15-14-11(2-1-3-12(14)18)13(19)6-8-4-9(16)7-10(17)5-8/h1-5,7H,6H2. The van der Waals surface area contributed by atoms with Crippen LogP contribution in [0.15, 0.2) is 36.4 Å². The maximum Gasteiger partial charge on any atom is 0.168 e. The number of ketones is 1. The largest absolute Gasteiger partial charge is 0.294 e. The molecule has 0 saturated carbocycles. The van der Waals surface area contributed by atoms with Crippen molar-refractivity contribution in [3.8, 4) is 0 Å². The van der Waals surface area contributed by atoms with Crippen LogP contribution < -0.4 is 0 Å². The minimum Gasteiger partial charge on any atom is -0.294 e. The van der Waals surface area contributed by atoms with Gasteiger partial charge in [-0.15, -0.1) is 0 Å². The first kappa shape index (κ1) is 13.6. The second-order valence-corrected chi connectivity index (χ2v) is 4.36. The zero-order chi connectivity index (χ0) is 14.0. The molecule has 0 aromatic heterocycles. The van der Waals surface area contributed by atoms with Gasteiger partial charge >= 0.3 is 0 Å². The van der Waals surface area contributed by atoms with Crippen LogP contribution in [-0.2, 0) is 6.42 Å². The third-order valence-electron chi connectivity index (χ3n) is 2.54. The van der Waals surface area contributed by atoms with Gasteiger partial charge in [0.15, 0.2) is 5.78 Å². The quantitative estimate of drug-likeness (QED) is 0.773. The molecule has 0 amide bonds. The van der Waals surface area contributed by atoms with E-state index in [1.807, 2.05) is 0 Å². The molecule has 0 aliphatic heterocycles. The minimum atomic E-state index is -0.770. The Morgan fingerprint density at radius 1 is 1.05 bits per heavy atom. The molecule has 0 heterocycles. The Hall–Kier alpha value is -1.81. The van der Waals surface area contributed by atoms with E-state index in [-0.39, 0.29) is 22.6 Å². The second-order valence-electron chi connectivity index (χ2n) is 3.98.